The maximum absolute atomic E-state index is 12.2. The van der Waals surface area contributed by atoms with Crippen molar-refractivity contribution in [1.82, 2.24) is 5.32 Å². The van der Waals surface area contributed by atoms with Crippen molar-refractivity contribution in [2.45, 2.75) is 6.42 Å². The molecule has 2 heterocycles. The van der Waals surface area contributed by atoms with Crippen LogP contribution in [0, 0.1) is 0 Å². The van der Waals surface area contributed by atoms with Crippen molar-refractivity contribution in [3.8, 4) is 0 Å². The Kier molecular flexibility index (Phi) is 5.08. The molecule has 3 rings (SSSR count). The van der Waals surface area contributed by atoms with E-state index < -0.39 is 0 Å². The third kappa shape index (κ3) is 4.11. The molecule has 0 aliphatic carbocycles. The highest BCUT2D eigenvalue weighted by molar-refractivity contribution is 7.12. The first kappa shape index (κ1) is 16.0. The molecule has 5 nitrogen and oxygen atoms in total. The minimum absolute atomic E-state index is 0.180. The summed E-state index contributed by atoms with van der Waals surface area (Å²) in [5.74, 6) is 0.460. The number of carbonyl (C=O) groups excluding carboxylic acids is 2. The first-order chi connectivity index (χ1) is 11.7. The minimum Gasteiger partial charge on any atom is -0.469 e. The number of carbonyl (C=O) groups is 2. The molecule has 2 N–H and O–H groups in total. The molecule has 0 fully saturated rings. The number of amides is 2. The molecule has 0 saturated heterocycles. The predicted molar refractivity (Wildman–Crippen MR) is 93.5 cm³/mol. The first-order valence-electron chi connectivity index (χ1n) is 7.48. The number of furan rings is 1. The second kappa shape index (κ2) is 7.61. The fourth-order valence-corrected chi connectivity index (χ4v) is 2.81. The van der Waals surface area contributed by atoms with Gasteiger partial charge >= 0.3 is 0 Å². The summed E-state index contributed by atoms with van der Waals surface area (Å²) in [6, 6.07) is 14.1. The van der Waals surface area contributed by atoms with Crippen LogP contribution >= 0.6 is 11.3 Å². The van der Waals surface area contributed by atoms with Crippen LogP contribution in [-0.4, -0.2) is 18.4 Å². The van der Waals surface area contributed by atoms with Crippen LogP contribution in [0.4, 0.5) is 5.69 Å². The summed E-state index contributed by atoms with van der Waals surface area (Å²) in [5, 5.41) is 7.48. The lowest BCUT2D eigenvalue weighted by Gasteiger charge is -2.07. The van der Waals surface area contributed by atoms with Gasteiger partial charge in [0.05, 0.1) is 11.1 Å². The summed E-state index contributed by atoms with van der Waals surface area (Å²) >= 11 is 1.37. The predicted octanol–water partition coefficient (Wildman–Crippen LogP) is 3.57. The van der Waals surface area contributed by atoms with E-state index in [0.29, 0.717) is 29.1 Å². The Morgan fingerprint density at radius 1 is 1.04 bits per heavy atom. The number of hydrogen-bond donors (Lipinski definition) is 2. The van der Waals surface area contributed by atoms with Gasteiger partial charge in [0.2, 0.25) is 0 Å². The smallest absolute Gasteiger partial charge is 0.265 e. The number of rotatable bonds is 6. The van der Waals surface area contributed by atoms with E-state index in [1.54, 1.807) is 36.6 Å². The largest absolute Gasteiger partial charge is 0.469 e. The Balaban J connectivity index is 1.57. The average Bonchev–Trinajstić information content (AvgIpc) is 3.29. The van der Waals surface area contributed by atoms with Crippen molar-refractivity contribution in [1.29, 1.82) is 0 Å². The molecular formula is C18H16N2O3S. The first-order valence-corrected chi connectivity index (χ1v) is 8.36. The summed E-state index contributed by atoms with van der Waals surface area (Å²) in [6.45, 7) is 0.484. The average molecular weight is 340 g/mol. The van der Waals surface area contributed by atoms with E-state index in [2.05, 4.69) is 10.6 Å². The monoisotopic (exact) mass is 340 g/mol. The van der Waals surface area contributed by atoms with Crippen LogP contribution in [0.5, 0.6) is 0 Å². The summed E-state index contributed by atoms with van der Waals surface area (Å²) in [4.78, 5) is 24.9. The van der Waals surface area contributed by atoms with Crippen LogP contribution in [-0.2, 0) is 6.42 Å². The molecule has 122 valence electrons. The van der Waals surface area contributed by atoms with E-state index in [0.717, 1.165) is 5.76 Å². The molecule has 0 saturated carbocycles. The van der Waals surface area contributed by atoms with Crippen molar-refractivity contribution >= 4 is 28.8 Å². The zero-order valence-corrected chi connectivity index (χ0v) is 13.6. The van der Waals surface area contributed by atoms with Crippen LogP contribution < -0.4 is 10.6 Å². The van der Waals surface area contributed by atoms with E-state index in [4.69, 9.17) is 4.42 Å². The Morgan fingerprint density at radius 3 is 2.71 bits per heavy atom. The summed E-state index contributed by atoms with van der Waals surface area (Å²) in [6.07, 6.45) is 2.24. The molecule has 0 aliphatic heterocycles. The van der Waals surface area contributed by atoms with Crippen LogP contribution in [0.25, 0.3) is 0 Å². The normalized spacial score (nSPS) is 10.3. The van der Waals surface area contributed by atoms with E-state index >= 15 is 0 Å². The van der Waals surface area contributed by atoms with Gasteiger partial charge in [0.15, 0.2) is 0 Å². The number of thiophene rings is 1. The fourth-order valence-electron chi connectivity index (χ4n) is 2.19. The molecule has 1 aromatic carbocycles. The van der Waals surface area contributed by atoms with Crippen molar-refractivity contribution in [2.24, 2.45) is 0 Å². The number of hydrogen-bond acceptors (Lipinski definition) is 4. The van der Waals surface area contributed by atoms with Crippen molar-refractivity contribution in [3.63, 3.8) is 0 Å². The number of anilines is 1. The summed E-state index contributed by atoms with van der Waals surface area (Å²) in [7, 11) is 0. The van der Waals surface area contributed by atoms with Crippen LogP contribution in [0.3, 0.4) is 0 Å². The third-order valence-corrected chi connectivity index (χ3v) is 4.23. The van der Waals surface area contributed by atoms with E-state index in [1.165, 1.54) is 11.3 Å². The van der Waals surface area contributed by atoms with Crippen LogP contribution in [0.15, 0.2) is 64.6 Å². The quantitative estimate of drug-likeness (QED) is 0.721. The van der Waals surface area contributed by atoms with E-state index in [-0.39, 0.29) is 11.8 Å². The zero-order chi connectivity index (χ0) is 16.8. The van der Waals surface area contributed by atoms with Gasteiger partial charge in [-0.25, -0.2) is 0 Å². The van der Waals surface area contributed by atoms with Gasteiger partial charge in [-0.2, -0.15) is 0 Å². The molecule has 24 heavy (non-hydrogen) atoms. The van der Waals surface area contributed by atoms with Gasteiger partial charge in [0.1, 0.15) is 5.76 Å². The molecule has 0 unspecified atom stereocenters. The highest BCUT2D eigenvalue weighted by atomic mass is 32.1. The van der Waals surface area contributed by atoms with Crippen molar-refractivity contribution in [3.05, 3.63) is 76.4 Å². The van der Waals surface area contributed by atoms with Gasteiger partial charge in [-0.05, 0) is 41.8 Å². The number of benzene rings is 1. The number of nitrogens with one attached hydrogen (secondary N) is 2. The standard InChI is InChI=1S/C18H16N2O3S/c21-17(19-9-8-15-6-2-10-23-15)13-4-1-5-14(12-13)20-18(22)16-7-3-11-24-16/h1-7,10-12H,8-9H2,(H,19,21)(H,20,22). The van der Waals surface area contributed by atoms with Gasteiger partial charge < -0.3 is 15.1 Å². The van der Waals surface area contributed by atoms with Gasteiger partial charge in [0, 0.05) is 24.2 Å². The summed E-state index contributed by atoms with van der Waals surface area (Å²) < 4.78 is 5.22. The lowest BCUT2D eigenvalue weighted by atomic mass is 10.2. The molecular weight excluding hydrogens is 324 g/mol. The molecule has 0 bridgehead atoms. The van der Waals surface area contributed by atoms with Gasteiger partial charge in [-0.1, -0.05) is 12.1 Å². The molecule has 0 radical (unpaired) electrons. The van der Waals surface area contributed by atoms with Gasteiger partial charge in [-0.15, -0.1) is 11.3 Å². The fraction of sp³-hybridized carbons (Fsp3) is 0.111. The van der Waals surface area contributed by atoms with Crippen LogP contribution in [0.1, 0.15) is 25.8 Å². The second-order valence-corrected chi connectivity index (χ2v) is 6.05. The Hall–Kier alpha value is -2.86. The van der Waals surface area contributed by atoms with Crippen molar-refractivity contribution < 1.29 is 14.0 Å². The summed E-state index contributed by atoms with van der Waals surface area (Å²) in [5.41, 5.74) is 1.09. The maximum atomic E-state index is 12.2. The molecule has 3 aromatic rings. The molecule has 6 heteroatoms. The van der Waals surface area contributed by atoms with E-state index in [9.17, 15) is 9.59 Å². The highest BCUT2D eigenvalue weighted by Gasteiger charge is 2.10. The molecule has 0 spiro atoms. The topological polar surface area (TPSA) is 71.3 Å². The van der Waals surface area contributed by atoms with Crippen molar-refractivity contribution in [2.75, 3.05) is 11.9 Å². The lowest BCUT2D eigenvalue weighted by molar-refractivity contribution is 0.0952. The Bertz CT molecular complexity index is 811. The highest BCUT2D eigenvalue weighted by Crippen LogP contribution is 2.15. The molecule has 0 atom stereocenters. The van der Waals surface area contributed by atoms with E-state index in [1.807, 2.05) is 23.6 Å². The Labute approximate surface area is 143 Å². The Morgan fingerprint density at radius 2 is 1.96 bits per heavy atom. The molecule has 2 amide bonds. The van der Waals surface area contributed by atoms with Gasteiger partial charge in [0.25, 0.3) is 11.8 Å². The third-order valence-electron chi connectivity index (χ3n) is 3.36. The second-order valence-electron chi connectivity index (χ2n) is 5.10. The minimum atomic E-state index is -0.186. The maximum Gasteiger partial charge on any atom is 0.265 e. The van der Waals surface area contributed by atoms with Crippen LogP contribution in [0.2, 0.25) is 0 Å². The zero-order valence-electron chi connectivity index (χ0n) is 12.8. The molecule has 2 aromatic heterocycles. The molecule has 0 aliphatic rings. The lowest BCUT2D eigenvalue weighted by Crippen LogP contribution is -2.25. The van der Waals surface area contributed by atoms with Gasteiger partial charge in [-0.3, -0.25) is 9.59 Å². The SMILES string of the molecule is O=C(NCCc1ccco1)c1cccc(NC(=O)c2cccs2)c1.